The molecule has 3 atom stereocenters. The van der Waals surface area contributed by atoms with Gasteiger partial charge in [-0.3, -0.25) is 9.69 Å². The number of carboxylic acid groups (broad SMARTS) is 1. The van der Waals surface area contributed by atoms with Crippen LogP contribution in [0.5, 0.6) is 0 Å². The molecule has 2 aliphatic rings. The molecule has 8 heteroatoms. The molecule has 1 aliphatic heterocycles. The number of ether oxygens (including phenoxy) is 2. The fourth-order valence-corrected chi connectivity index (χ4v) is 5.48. The average Bonchev–Trinajstić information content (AvgIpc) is 3.26. The fourth-order valence-electron chi connectivity index (χ4n) is 5.48. The number of amides is 2. The third-order valence-corrected chi connectivity index (χ3v) is 6.91. The second-order valence-corrected chi connectivity index (χ2v) is 10.4. The molecule has 4 rings (SSSR count). The molecule has 0 radical (unpaired) electrons. The van der Waals surface area contributed by atoms with Gasteiger partial charge in [0.2, 0.25) is 5.91 Å². The molecule has 2 N–H and O–H groups in total. The van der Waals surface area contributed by atoms with Gasteiger partial charge in [0.05, 0.1) is 6.10 Å². The van der Waals surface area contributed by atoms with Crippen molar-refractivity contribution in [3.05, 3.63) is 59.7 Å². The Labute approximate surface area is 211 Å². The number of rotatable bonds is 7. The van der Waals surface area contributed by atoms with E-state index in [2.05, 4.69) is 17.4 Å². The van der Waals surface area contributed by atoms with Crippen molar-refractivity contribution in [1.29, 1.82) is 0 Å². The molecule has 2 aromatic carbocycles. The van der Waals surface area contributed by atoms with Crippen molar-refractivity contribution in [1.82, 2.24) is 10.2 Å². The van der Waals surface area contributed by atoms with E-state index in [9.17, 15) is 19.5 Å². The van der Waals surface area contributed by atoms with E-state index in [0.717, 1.165) is 22.3 Å². The standard InChI is InChI=1S/C28H34N2O6/c1-16(2)14-23(25(31)30-24(26(32)33)17(3)36-28(30,4)5)29-27(34)35-15-22-20-12-8-6-10-18(20)19-11-7-9-13-21(19)22/h6-13,16-17,22-24H,14-15H2,1-5H3,(H,29,34)(H,32,33). The van der Waals surface area contributed by atoms with Crippen LogP contribution in [0.15, 0.2) is 48.5 Å². The molecule has 1 saturated heterocycles. The van der Waals surface area contributed by atoms with Crippen molar-refractivity contribution >= 4 is 18.0 Å². The number of carbonyl (C=O) groups excluding carboxylic acids is 2. The maximum Gasteiger partial charge on any atom is 0.407 e. The Morgan fingerprint density at radius 2 is 1.61 bits per heavy atom. The molecule has 0 aromatic heterocycles. The third kappa shape index (κ3) is 4.82. The summed E-state index contributed by atoms with van der Waals surface area (Å²) in [7, 11) is 0. The van der Waals surface area contributed by atoms with Gasteiger partial charge in [-0.15, -0.1) is 0 Å². The number of carbonyl (C=O) groups is 3. The number of nitrogens with one attached hydrogen (secondary N) is 1. The van der Waals surface area contributed by atoms with Crippen molar-refractivity contribution in [2.75, 3.05) is 6.61 Å². The van der Waals surface area contributed by atoms with E-state index < -0.39 is 41.9 Å². The van der Waals surface area contributed by atoms with E-state index in [1.165, 1.54) is 4.90 Å². The van der Waals surface area contributed by atoms with Gasteiger partial charge in [-0.1, -0.05) is 62.4 Å². The van der Waals surface area contributed by atoms with Crippen molar-refractivity contribution in [2.45, 2.75) is 70.9 Å². The van der Waals surface area contributed by atoms with Crippen LogP contribution in [0.1, 0.15) is 58.1 Å². The summed E-state index contributed by atoms with van der Waals surface area (Å²) < 4.78 is 11.4. The second-order valence-electron chi connectivity index (χ2n) is 10.4. The largest absolute Gasteiger partial charge is 0.480 e. The molecule has 1 heterocycles. The van der Waals surface area contributed by atoms with Crippen LogP contribution in [-0.4, -0.2) is 58.5 Å². The van der Waals surface area contributed by atoms with Gasteiger partial charge in [-0.05, 0) is 55.4 Å². The van der Waals surface area contributed by atoms with Gasteiger partial charge in [0.15, 0.2) is 6.04 Å². The lowest BCUT2D eigenvalue weighted by Crippen LogP contribution is -2.58. The lowest BCUT2D eigenvalue weighted by atomic mass is 9.98. The maximum atomic E-state index is 13.6. The molecule has 1 fully saturated rings. The monoisotopic (exact) mass is 494 g/mol. The zero-order valence-electron chi connectivity index (χ0n) is 21.4. The number of fused-ring (bicyclic) bond motifs is 3. The highest BCUT2D eigenvalue weighted by Gasteiger charge is 2.53. The normalized spacial score (nSPS) is 21.1. The second kappa shape index (κ2) is 9.93. The Bertz CT molecular complexity index is 1110. The van der Waals surface area contributed by atoms with E-state index in [4.69, 9.17) is 9.47 Å². The van der Waals surface area contributed by atoms with Crippen molar-refractivity contribution < 1.29 is 29.0 Å². The van der Waals surface area contributed by atoms with Gasteiger partial charge >= 0.3 is 12.1 Å². The Morgan fingerprint density at radius 1 is 1.06 bits per heavy atom. The number of nitrogens with zero attached hydrogens (tertiary/aromatic N) is 1. The summed E-state index contributed by atoms with van der Waals surface area (Å²) >= 11 is 0. The van der Waals surface area contributed by atoms with Crippen LogP contribution in [-0.2, 0) is 19.1 Å². The summed E-state index contributed by atoms with van der Waals surface area (Å²) in [5, 5.41) is 12.5. The van der Waals surface area contributed by atoms with Gasteiger partial charge in [0.25, 0.3) is 0 Å². The predicted molar refractivity (Wildman–Crippen MR) is 134 cm³/mol. The highest BCUT2D eigenvalue weighted by molar-refractivity contribution is 5.90. The lowest BCUT2D eigenvalue weighted by molar-refractivity contribution is -0.157. The minimum Gasteiger partial charge on any atom is -0.480 e. The van der Waals surface area contributed by atoms with E-state index in [1.54, 1.807) is 20.8 Å². The van der Waals surface area contributed by atoms with Crippen LogP contribution in [0.2, 0.25) is 0 Å². The summed E-state index contributed by atoms with van der Waals surface area (Å²) in [6, 6.07) is 14.0. The quantitative estimate of drug-likeness (QED) is 0.592. The van der Waals surface area contributed by atoms with Gasteiger partial charge in [-0.2, -0.15) is 0 Å². The van der Waals surface area contributed by atoms with E-state index in [0.29, 0.717) is 6.42 Å². The first-order chi connectivity index (χ1) is 17.0. The number of hydrogen-bond acceptors (Lipinski definition) is 5. The van der Waals surface area contributed by atoms with Crippen LogP contribution in [0, 0.1) is 5.92 Å². The number of benzene rings is 2. The van der Waals surface area contributed by atoms with Crippen LogP contribution < -0.4 is 5.32 Å². The first kappa shape index (κ1) is 25.7. The highest BCUT2D eigenvalue weighted by Crippen LogP contribution is 2.44. The van der Waals surface area contributed by atoms with E-state index in [1.807, 2.05) is 50.2 Å². The van der Waals surface area contributed by atoms with Crippen molar-refractivity contribution in [2.24, 2.45) is 5.92 Å². The molecule has 0 bridgehead atoms. The molecular formula is C28H34N2O6. The number of alkyl carbamates (subject to hydrolysis) is 1. The average molecular weight is 495 g/mol. The smallest absolute Gasteiger partial charge is 0.407 e. The maximum absolute atomic E-state index is 13.6. The van der Waals surface area contributed by atoms with E-state index >= 15 is 0 Å². The highest BCUT2D eigenvalue weighted by atomic mass is 16.6. The molecule has 8 nitrogen and oxygen atoms in total. The molecule has 1 aliphatic carbocycles. The summed E-state index contributed by atoms with van der Waals surface area (Å²) in [5.74, 6) is -1.68. The zero-order valence-corrected chi connectivity index (χ0v) is 21.4. The predicted octanol–water partition coefficient (Wildman–Crippen LogP) is 4.38. The lowest BCUT2D eigenvalue weighted by Gasteiger charge is -2.35. The molecule has 192 valence electrons. The third-order valence-electron chi connectivity index (χ3n) is 6.91. The Hall–Kier alpha value is -3.39. The van der Waals surface area contributed by atoms with Crippen LogP contribution in [0.3, 0.4) is 0 Å². The summed E-state index contributed by atoms with van der Waals surface area (Å²) in [6.07, 6.45) is -1.07. The van der Waals surface area contributed by atoms with Gasteiger partial charge in [-0.25, -0.2) is 9.59 Å². The Morgan fingerprint density at radius 3 is 2.14 bits per heavy atom. The molecule has 2 aromatic rings. The molecular weight excluding hydrogens is 460 g/mol. The fraction of sp³-hybridized carbons (Fsp3) is 0.464. The van der Waals surface area contributed by atoms with E-state index in [-0.39, 0.29) is 18.4 Å². The number of hydrogen-bond donors (Lipinski definition) is 2. The SMILES string of the molecule is CC(C)CC(NC(=O)OCC1c2ccccc2-c2ccccc21)C(=O)N1C(C(=O)O)C(C)OC1(C)C. The first-order valence-corrected chi connectivity index (χ1v) is 12.4. The Kier molecular flexibility index (Phi) is 7.09. The minimum atomic E-state index is -1.15. The molecule has 3 unspecified atom stereocenters. The van der Waals surface area contributed by atoms with Gasteiger partial charge < -0.3 is 19.9 Å². The van der Waals surface area contributed by atoms with Gasteiger partial charge in [0, 0.05) is 5.92 Å². The molecule has 36 heavy (non-hydrogen) atoms. The van der Waals surface area contributed by atoms with Gasteiger partial charge in [0.1, 0.15) is 18.4 Å². The van der Waals surface area contributed by atoms with Crippen molar-refractivity contribution in [3.63, 3.8) is 0 Å². The zero-order chi connectivity index (χ0) is 26.2. The summed E-state index contributed by atoms with van der Waals surface area (Å²) in [6.45, 7) is 8.93. The van der Waals surface area contributed by atoms with Crippen LogP contribution in [0.25, 0.3) is 11.1 Å². The number of carboxylic acids is 1. The molecule has 0 spiro atoms. The molecule has 2 amide bonds. The summed E-state index contributed by atoms with van der Waals surface area (Å²) in [4.78, 5) is 39.7. The number of aliphatic carboxylic acids is 1. The minimum absolute atomic E-state index is 0.0696. The summed E-state index contributed by atoms with van der Waals surface area (Å²) in [5.41, 5.74) is 3.31. The first-order valence-electron chi connectivity index (χ1n) is 12.4. The molecule has 0 saturated carbocycles. The Balaban J connectivity index is 1.50. The van der Waals surface area contributed by atoms with Crippen molar-refractivity contribution in [3.8, 4) is 11.1 Å². The topological polar surface area (TPSA) is 105 Å². The van der Waals surface area contributed by atoms with Crippen LogP contribution in [0.4, 0.5) is 4.79 Å². The van der Waals surface area contributed by atoms with Crippen LogP contribution >= 0.6 is 0 Å².